The molecule has 0 aromatic heterocycles. The monoisotopic (exact) mass is 552 g/mol. The van der Waals surface area contributed by atoms with E-state index < -0.39 is 7.60 Å². The molecule has 2 aliphatic rings. The Kier molecular flexibility index (Phi) is 14.2. The molecule has 0 spiro atoms. The van der Waals surface area contributed by atoms with E-state index >= 15 is 0 Å². The largest absolute Gasteiger partial charge is 0.491 e. The fraction of sp³-hybridized carbons (Fsp3) is 0.812. The van der Waals surface area contributed by atoms with E-state index in [0.717, 1.165) is 68.3 Å². The second kappa shape index (κ2) is 17.0. The lowest BCUT2D eigenvalue weighted by Gasteiger charge is -2.38. The summed E-state index contributed by atoms with van der Waals surface area (Å²) in [6.07, 6.45) is 22.7. The van der Waals surface area contributed by atoms with E-state index in [0.29, 0.717) is 24.7 Å². The van der Waals surface area contributed by atoms with E-state index in [4.69, 9.17) is 14.5 Å². The van der Waals surface area contributed by atoms with Gasteiger partial charge in [-0.1, -0.05) is 83.6 Å². The van der Waals surface area contributed by atoms with Gasteiger partial charge in [0.05, 0.1) is 6.61 Å². The maximum Gasteiger partial charge on any atom is 0.325 e. The Bertz CT molecular complexity index is 825. The third kappa shape index (κ3) is 11.7. The highest BCUT2D eigenvalue weighted by Gasteiger charge is 2.31. The van der Waals surface area contributed by atoms with Crippen LogP contribution < -0.4 is 4.74 Å². The molecular formula is C32H54FO4P. The quantitative estimate of drug-likeness (QED) is 0.149. The Hall–Kier alpha value is -0.900. The van der Waals surface area contributed by atoms with Gasteiger partial charge in [0, 0.05) is 6.16 Å². The minimum Gasteiger partial charge on any atom is -0.491 e. The minimum absolute atomic E-state index is 0.0112. The zero-order chi connectivity index (χ0) is 27.2. The normalized spacial score (nSPS) is 24.4. The third-order valence-corrected chi connectivity index (χ3v) is 10.2. The van der Waals surface area contributed by atoms with Gasteiger partial charge in [0.15, 0.2) is 11.6 Å². The van der Waals surface area contributed by atoms with Gasteiger partial charge in [0.2, 0.25) is 0 Å². The molecule has 0 amide bonds. The van der Waals surface area contributed by atoms with Crippen molar-refractivity contribution in [1.29, 1.82) is 0 Å². The molecule has 0 aliphatic heterocycles. The summed E-state index contributed by atoms with van der Waals surface area (Å²) in [5.41, 5.74) is 1.15. The number of hydrogen-bond acceptors (Lipinski definition) is 2. The van der Waals surface area contributed by atoms with Gasteiger partial charge in [-0.05, 0) is 92.7 Å². The first-order valence-corrected chi connectivity index (χ1v) is 17.6. The van der Waals surface area contributed by atoms with Gasteiger partial charge in [-0.15, -0.1) is 0 Å². The van der Waals surface area contributed by atoms with E-state index in [2.05, 4.69) is 13.0 Å². The number of benzene rings is 1. The summed E-state index contributed by atoms with van der Waals surface area (Å²) in [5, 5.41) is 0. The molecule has 1 aromatic rings. The molecule has 0 radical (unpaired) electrons. The molecule has 2 saturated carbocycles. The van der Waals surface area contributed by atoms with E-state index in [1.165, 1.54) is 70.6 Å². The summed E-state index contributed by atoms with van der Waals surface area (Å²) in [7, 11) is -3.82. The maximum atomic E-state index is 14.8. The van der Waals surface area contributed by atoms with Crippen molar-refractivity contribution in [2.45, 2.75) is 135 Å². The lowest BCUT2D eigenvalue weighted by Crippen LogP contribution is -2.25. The van der Waals surface area contributed by atoms with Crippen LogP contribution in [-0.4, -0.2) is 22.6 Å². The zero-order valence-corrected chi connectivity index (χ0v) is 24.8. The van der Waals surface area contributed by atoms with Crippen LogP contribution in [0, 0.1) is 23.6 Å². The summed E-state index contributed by atoms with van der Waals surface area (Å²) in [6, 6.07) is 5.67. The Morgan fingerprint density at radius 2 is 1.37 bits per heavy atom. The summed E-state index contributed by atoms with van der Waals surface area (Å²) in [6.45, 7) is 2.87. The SMILES string of the molecule is CCCC1CCC(C2CCC(c3ccc(OCCCCCCCCCCCP(=O)(O)O)c(F)c3)CC2)CC1. The first-order chi connectivity index (χ1) is 18.4. The van der Waals surface area contributed by atoms with Crippen LogP contribution in [0.2, 0.25) is 0 Å². The molecule has 4 nitrogen and oxygen atoms in total. The minimum atomic E-state index is -3.82. The highest BCUT2D eigenvalue weighted by molar-refractivity contribution is 7.51. The highest BCUT2D eigenvalue weighted by atomic mass is 31.2. The fourth-order valence-corrected chi connectivity index (χ4v) is 7.64. The van der Waals surface area contributed by atoms with E-state index in [1.807, 2.05) is 6.07 Å². The molecule has 6 heteroatoms. The van der Waals surface area contributed by atoms with Crippen LogP contribution in [0.4, 0.5) is 4.39 Å². The molecule has 2 aliphatic carbocycles. The third-order valence-electron chi connectivity index (χ3n) is 9.31. The van der Waals surface area contributed by atoms with Gasteiger partial charge in [0.1, 0.15) is 0 Å². The van der Waals surface area contributed by atoms with Crippen LogP contribution in [0.1, 0.15) is 140 Å². The second-order valence-corrected chi connectivity index (χ2v) is 14.1. The van der Waals surface area contributed by atoms with Crippen molar-refractivity contribution in [1.82, 2.24) is 0 Å². The predicted octanol–water partition coefficient (Wildman–Crippen LogP) is 9.77. The van der Waals surface area contributed by atoms with Gasteiger partial charge in [-0.2, -0.15) is 0 Å². The van der Waals surface area contributed by atoms with Gasteiger partial charge in [-0.3, -0.25) is 4.57 Å². The van der Waals surface area contributed by atoms with Crippen molar-refractivity contribution in [3.63, 3.8) is 0 Å². The highest BCUT2D eigenvalue weighted by Crippen LogP contribution is 2.44. The summed E-state index contributed by atoms with van der Waals surface area (Å²) < 4.78 is 31.4. The van der Waals surface area contributed by atoms with E-state index in [1.54, 1.807) is 6.07 Å². The predicted molar refractivity (Wildman–Crippen MR) is 155 cm³/mol. The van der Waals surface area contributed by atoms with Crippen LogP contribution in [0.25, 0.3) is 0 Å². The summed E-state index contributed by atoms with van der Waals surface area (Å²) >= 11 is 0. The molecule has 38 heavy (non-hydrogen) atoms. The molecule has 218 valence electrons. The van der Waals surface area contributed by atoms with Gasteiger partial charge in [0.25, 0.3) is 0 Å². The molecule has 0 unspecified atom stereocenters. The van der Waals surface area contributed by atoms with Gasteiger partial charge < -0.3 is 14.5 Å². The molecule has 0 bridgehead atoms. The lowest BCUT2D eigenvalue weighted by molar-refractivity contribution is 0.156. The Morgan fingerprint density at radius 3 is 1.92 bits per heavy atom. The standard InChI is InChI=1S/C32H54FO4P/c1-2-12-26-13-15-27(16-14-26)28-17-19-29(20-18-28)30-21-22-32(31(33)25-30)37-23-10-8-6-4-3-5-7-9-11-24-38(34,35)36/h21-22,25-29H,2-20,23-24H2,1H3,(H2,34,35,36). The number of halogens is 1. The van der Waals surface area contributed by atoms with Crippen molar-refractivity contribution < 1.29 is 23.5 Å². The van der Waals surface area contributed by atoms with Crippen LogP contribution in [0.3, 0.4) is 0 Å². The van der Waals surface area contributed by atoms with Crippen LogP contribution >= 0.6 is 7.60 Å². The summed E-state index contributed by atoms with van der Waals surface area (Å²) in [5.74, 6) is 3.48. The van der Waals surface area contributed by atoms with Crippen molar-refractivity contribution in [3.8, 4) is 5.75 Å². The molecule has 0 heterocycles. The Morgan fingerprint density at radius 1 is 0.816 bits per heavy atom. The molecule has 2 N–H and O–H groups in total. The van der Waals surface area contributed by atoms with Crippen molar-refractivity contribution in [3.05, 3.63) is 29.6 Å². The van der Waals surface area contributed by atoms with Gasteiger partial charge in [-0.25, -0.2) is 4.39 Å². The fourth-order valence-electron chi connectivity index (χ4n) is 7.01. The molecule has 0 atom stereocenters. The van der Waals surface area contributed by atoms with Crippen molar-refractivity contribution in [2.24, 2.45) is 17.8 Å². The van der Waals surface area contributed by atoms with E-state index in [9.17, 15) is 8.96 Å². The Balaban J connectivity index is 1.24. The number of ether oxygens (including phenoxy) is 1. The van der Waals surface area contributed by atoms with Crippen LogP contribution in [0.15, 0.2) is 18.2 Å². The van der Waals surface area contributed by atoms with Gasteiger partial charge >= 0.3 is 7.60 Å². The smallest absolute Gasteiger partial charge is 0.325 e. The topological polar surface area (TPSA) is 66.8 Å². The lowest BCUT2D eigenvalue weighted by atomic mass is 9.68. The van der Waals surface area contributed by atoms with Crippen molar-refractivity contribution >= 4 is 7.60 Å². The maximum absolute atomic E-state index is 14.8. The zero-order valence-electron chi connectivity index (χ0n) is 23.9. The van der Waals surface area contributed by atoms with Crippen LogP contribution in [-0.2, 0) is 4.57 Å². The number of rotatable bonds is 17. The molecule has 3 rings (SSSR count). The molecular weight excluding hydrogens is 498 g/mol. The summed E-state index contributed by atoms with van der Waals surface area (Å²) in [4.78, 5) is 17.7. The first kappa shape index (κ1) is 31.6. The second-order valence-electron chi connectivity index (χ2n) is 12.3. The van der Waals surface area contributed by atoms with Crippen molar-refractivity contribution in [2.75, 3.05) is 12.8 Å². The number of unbranched alkanes of at least 4 members (excludes halogenated alkanes) is 8. The average molecular weight is 553 g/mol. The first-order valence-electron chi connectivity index (χ1n) is 15.8. The Labute approximate surface area is 231 Å². The molecule has 0 saturated heterocycles. The molecule has 2 fully saturated rings. The average Bonchev–Trinajstić information content (AvgIpc) is 2.90. The molecule has 1 aromatic carbocycles. The number of hydrogen-bond donors (Lipinski definition) is 2. The van der Waals surface area contributed by atoms with Crippen LogP contribution in [0.5, 0.6) is 5.75 Å². The van der Waals surface area contributed by atoms with E-state index in [-0.39, 0.29) is 12.0 Å².